The highest BCUT2D eigenvalue weighted by molar-refractivity contribution is 5.68. The summed E-state index contributed by atoms with van der Waals surface area (Å²) < 4.78 is 0. The van der Waals surface area contributed by atoms with Crippen LogP contribution in [-0.2, 0) is 4.79 Å². The summed E-state index contributed by atoms with van der Waals surface area (Å²) >= 11 is 0. The van der Waals surface area contributed by atoms with Crippen molar-refractivity contribution < 1.29 is 9.90 Å². The van der Waals surface area contributed by atoms with Crippen LogP contribution in [0.25, 0.3) is 0 Å². The van der Waals surface area contributed by atoms with Gasteiger partial charge in [-0.05, 0) is 19.8 Å². The smallest absolute Gasteiger partial charge is 0.307 e. The minimum atomic E-state index is -0.749. The third-order valence-electron chi connectivity index (χ3n) is 1.55. The van der Waals surface area contributed by atoms with Gasteiger partial charge in [0.15, 0.2) is 0 Å². The molecule has 0 amide bonds. The van der Waals surface area contributed by atoms with Gasteiger partial charge in [0.1, 0.15) is 0 Å². The Hall–Kier alpha value is -0.790. The molecular weight excluding hydrogens is 140 g/mol. The first-order valence-electron chi connectivity index (χ1n) is 4.04. The molecule has 0 aromatic carbocycles. The molecule has 64 valence electrons. The Bertz CT molecular complexity index is 148. The van der Waals surface area contributed by atoms with E-state index in [2.05, 4.69) is 6.92 Å². The van der Waals surface area contributed by atoms with Crippen molar-refractivity contribution in [2.24, 2.45) is 0 Å². The van der Waals surface area contributed by atoms with Crippen molar-refractivity contribution in [3.63, 3.8) is 0 Å². The zero-order chi connectivity index (χ0) is 8.69. The number of carboxylic acids is 1. The average molecular weight is 156 g/mol. The summed E-state index contributed by atoms with van der Waals surface area (Å²) in [6.45, 7) is 4.11. The van der Waals surface area contributed by atoms with Crippen LogP contribution in [0.2, 0.25) is 0 Å². The van der Waals surface area contributed by atoms with E-state index in [0.29, 0.717) is 0 Å². The second-order valence-corrected chi connectivity index (χ2v) is 2.75. The van der Waals surface area contributed by atoms with Crippen LogP contribution >= 0.6 is 0 Å². The second kappa shape index (κ2) is 5.96. The fraction of sp³-hybridized carbons (Fsp3) is 0.667. The Balaban J connectivity index is 3.54. The summed E-state index contributed by atoms with van der Waals surface area (Å²) in [5, 5.41) is 8.34. The molecule has 0 atom stereocenters. The molecule has 0 aromatic rings. The average Bonchev–Trinajstić information content (AvgIpc) is 1.97. The van der Waals surface area contributed by atoms with Gasteiger partial charge < -0.3 is 5.11 Å². The van der Waals surface area contributed by atoms with Crippen molar-refractivity contribution in [1.29, 1.82) is 0 Å². The van der Waals surface area contributed by atoms with Crippen molar-refractivity contribution in [3.05, 3.63) is 11.6 Å². The maximum atomic E-state index is 10.1. The minimum Gasteiger partial charge on any atom is -0.481 e. The number of carbonyl (C=O) groups is 1. The summed E-state index contributed by atoms with van der Waals surface area (Å²) in [5.41, 5.74) is 1.19. The molecule has 0 radical (unpaired) electrons. The molecule has 0 saturated carbocycles. The first-order valence-corrected chi connectivity index (χ1v) is 4.04. The molecule has 0 saturated heterocycles. The zero-order valence-electron chi connectivity index (χ0n) is 7.26. The van der Waals surface area contributed by atoms with Crippen LogP contribution in [0.1, 0.15) is 39.5 Å². The lowest BCUT2D eigenvalue weighted by Crippen LogP contribution is -1.91. The van der Waals surface area contributed by atoms with E-state index >= 15 is 0 Å². The summed E-state index contributed by atoms with van der Waals surface area (Å²) in [6, 6.07) is 0. The van der Waals surface area contributed by atoms with Crippen LogP contribution < -0.4 is 0 Å². The highest BCUT2D eigenvalue weighted by Crippen LogP contribution is 2.06. The molecule has 11 heavy (non-hydrogen) atoms. The van der Waals surface area contributed by atoms with Gasteiger partial charge in [0.05, 0.1) is 6.42 Å². The lowest BCUT2D eigenvalue weighted by atomic mass is 10.1. The third-order valence-corrected chi connectivity index (χ3v) is 1.55. The van der Waals surface area contributed by atoms with Crippen LogP contribution in [0.5, 0.6) is 0 Å². The predicted molar refractivity (Wildman–Crippen MR) is 45.5 cm³/mol. The van der Waals surface area contributed by atoms with Gasteiger partial charge in [-0.25, -0.2) is 0 Å². The molecule has 2 heteroatoms. The van der Waals surface area contributed by atoms with Gasteiger partial charge in [-0.2, -0.15) is 0 Å². The van der Waals surface area contributed by atoms with E-state index in [1.165, 1.54) is 5.57 Å². The fourth-order valence-electron chi connectivity index (χ4n) is 0.819. The molecule has 0 fully saturated rings. The molecule has 1 N–H and O–H groups in total. The number of aliphatic carboxylic acids is 1. The van der Waals surface area contributed by atoms with Crippen molar-refractivity contribution in [3.8, 4) is 0 Å². The number of rotatable bonds is 5. The van der Waals surface area contributed by atoms with Gasteiger partial charge >= 0.3 is 5.97 Å². The SMILES string of the molecule is CCCC/C(C)=C/CC(=O)O. The summed E-state index contributed by atoms with van der Waals surface area (Å²) in [4.78, 5) is 10.1. The fourth-order valence-corrected chi connectivity index (χ4v) is 0.819. The van der Waals surface area contributed by atoms with E-state index in [9.17, 15) is 4.79 Å². The predicted octanol–water partition coefficient (Wildman–Crippen LogP) is 2.60. The van der Waals surface area contributed by atoms with Crippen LogP contribution in [-0.4, -0.2) is 11.1 Å². The van der Waals surface area contributed by atoms with Crippen molar-refractivity contribution in [2.75, 3.05) is 0 Å². The number of unbranched alkanes of at least 4 members (excludes halogenated alkanes) is 1. The Kier molecular flexibility index (Phi) is 5.53. The van der Waals surface area contributed by atoms with Crippen LogP contribution in [0.3, 0.4) is 0 Å². The van der Waals surface area contributed by atoms with E-state index in [4.69, 9.17) is 5.11 Å². The first kappa shape index (κ1) is 10.2. The molecule has 0 bridgehead atoms. The number of carboxylic acid groups (broad SMARTS) is 1. The second-order valence-electron chi connectivity index (χ2n) is 2.75. The molecule has 0 unspecified atom stereocenters. The third kappa shape index (κ3) is 7.10. The lowest BCUT2D eigenvalue weighted by Gasteiger charge is -1.96. The van der Waals surface area contributed by atoms with E-state index < -0.39 is 5.97 Å². The highest BCUT2D eigenvalue weighted by Gasteiger charge is 1.93. The van der Waals surface area contributed by atoms with Crippen LogP contribution in [0, 0.1) is 0 Å². The maximum Gasteiger partial charge on any atom is 0.307 e. The molecule has 0 aliphatic heterocycles. The Morgan fingerprint density at radius 3 is 2.64 bits per heavy atom. The topological polar surface area (TPSA) is 37.3 Å². The van der Waals surface area contributed by atoms with Gasteiger partial charge in [-0.1, -0.05) is 25.0 Å². The lowest BCUT2D eigenvalue weighted by molar-refractivity contribution is -0.136. The standard InChI is InChI=1S/C9H16O2/c1-3-4-5-8(2)6-7-9(10)11/h6H,3-5,7H2,1-2H3,(H,10,11)/b8-6+. The van der Waals surface area contributed by atoms with Gasteiger partial charge in [-0.3, -0.25) is 4.79 Å². The Morgan fingerprint density at radius 2 is 2.18 bits per heavy atom. The first-order chi connectivity index (χ1) is 5.16. The molecule has 0 rings (SSSR count). The maximum absolute atomic E-state index is 10.1. The Morgan fingerprint density at radius 1 is 1.55 bits per heavy atom. The number of hydrogen-bond donors (Lipinski definition) is 1. The number of allylic oxidation sites excluding steroid dienone is 1. The molecule has 0 heterocycles. The van der Waals surface area contributed by atoms with Gasteiger partial charge in [0.25, 0.3) is 0 Å². The monoisotopic (exact) mass is 156 g/mol. The highest BCUT2D eigenvalue weighted by atomic mass is 16.4. The van der Waals surface area contributed by atoms with E-state index in [1.54, 1.807) is 6.08 Å². The Labute approximate surface area is 67.9 Å². The van der Waals surface area contributed by atoms with E-state index in [-0.39, 0.29) is 6.42 Å². The van der Waals surface area contributed by atoms with Crippen molar-refractivity contribution in [2.45, 2.75) is 39.5 Å². The zero-order valence-corrected chi connectivity index (χ0v) is 7.26. The quantitative estimate of drug-likeness (QED) is 0.621. The largest absolute Gasteiger partial charge is 0.481 e. The van der Waals surface area contributed by atoms with E-state index in [0.717, 1.165) is 19.3 Å². The number of hydrogen-bond acceptors (Lipinski definition) is 1. The molecular formula is C9H16O2. The minimum absolute atomic E-state index is 0.162. The molecule has 0 spiro atoms. The summed E-state index contributed by atoms with van der Waals surface area (Å²) in [6.07, 6.45) is 5.30. The normalized spacial score (nSPS) is 11.6. The van der Waals surface area contributed by atoms with Crippen molar-refractivity contribution in [1.82, 2.24) is 0 Å². The molecule has 0 aliphatic rings. The summed E-state index contributed by atoms with van der Waals surface area (Å²) in [5.74, 6) is -0.749. The molecule has 0 aliphatic carbocycles. The van der Waals surface area contributed by atoms with Crippen LogP contribution in [0.4, 0.5) is 0 Å². The molecule has 2 nitrogen and oxygen atoms in total. The molecule has 0 aromatic heterocycles. The van der Waals surface area contributed by atoms with Crippen LogP contribution in [0.15, 0.2) is 11.6 Å². The van der Waals surface area contributed by atoms with Gasteiger partial charge in [-0.15, -0.1) is 0 Å². The van der Waals surface area contributed by atoms with Crippen molar-refractivity contribution >= 4 is 5.97 Å². The van der Waals surface area contributed by atoms with Gasteiger partial charge in [0, 0.05) is 0 Å². The van der Waals surface area contributed by atoms with E-state index in [1.807, 2.05) is 6.92 Å². The summed E-state index contributed by atoms with van der Waals surface area (Å²) in [7, 11) is 0. The van der Waals surface area contributed by atoms with Gasteiger partial charge in [0.2, 0.25) is 0 Å².